The Kier molecular flexibility index (Phi) is 4.22. The lowest BCUT2D eigenvalue weighted by Gasteiger charge is -2.33. The van der Waals surface area contributed by atoms with Gasteiger partial charge in [-0.3, -0.25) is 9.59 Å². The van der Waals surface area contributed by atoms with Crippen molar-refractivity contribution in [1.29, 1.82) is 0 Å². The molecule has 1 aliphatic carbocycles. The minimum absolute atomic E-state index is 0.0419. The highest BCUT2D eigenvalue weighted by Gasteiger charge is 2.27. The molecule has 5 heteroatoms. The van der Waals surface area contributed by atoms with Gasteiger partial charge in [-0.25, -0.2) is 0 Å². The Hall–Kier alpha value is -1.10. The van der Waals surface area contributed by atoms with E-state index in [2.05, 4.69) is 0 Å². The molecule has 1 saturated carbocycles. The minimum atomic E-state index is 0.0419. The van der Waals surface area contributed by atoms with Crippen LogP contribution in [0.1, 0.15) is 32.1 Å². The molecule has 1 aliphatic heterocycles. The molecule has 0 aromatic carbocycles. The molecule has 0 spiro atoms. The van der Waals surface area contributed by atoms with Gasteiger partial charge >= 0.3 is 0 Å². The SMILES string of the molecule is CN1CCN(C(=O)CC2CCC(N)CC2)CC1=O. The van der Waals surface area contributed by atoms with Gasteiger partial charge in [0.25, 0.3) is 0 Å². The van der Waals surface area contributed by atoms with Gasteiger partial charge in [0, 0.05) is 32.6 Å². The van der Waals surface area contributed by atoms with Crippen LogP contribution < -0.4 is 5.73 Å². The fraction of sp³-hybridized carbons (Fsp3) is 0.846. The van der Waals surface area contributed by atoms with Gasteiger partial charge in [-0.15, -0.1) is 0 Å². The first kappa shape index (κ1) is 13.3. The number of nitrogens with zero attached hydrogens (tertiary/aromatic N) is 2. The quantitative estimate of drug-likeness (QED) is 0.764. The summed E-state index contributed by atoms with van der Waals surface area (Å²) in [6.45, 7) is 1.58. The first-order valence-corrected chi connectivity index (χ1v) is 6.83. The molecule has 2 amide bonds. The zero-order valence-electron chi connectivity index (χ0n) is 11.1. The van der Waals surface area contributed by atoms with Crippen molar-refractivity contribution in [2.45, 2.75) is 38.1 Å². The van der Waals surface area contributed by atoms with Gasteiger partial charge in [-0.05, 0) is 31.6 Å². The molecule has 0 unspecified atom stereocenters. The maximum absolute atomic E-state index is 12.1. The lowest BCUT2D eigenvalue weighted by molar-refractivity contribution is -0.144. The van der Waals surface area contributed by atoms with Crippen molar-refractivity contribution >= 4 is 11.8 Å². The van der Waals surface area contributed by atoms with E-state index in [1.54, 1.807) is 16.8 Å². The summed E-state index contributed by atoms with van der Waals surface area (Å²) in [5.41, 5.74) is 5.86. The van der Waals surface area contributed by atoms with Crippen LogP contribution in [0.2, 0.25) is 0 Å². The average molecular weight is 253 g/mol. The van der Waals surface area contributed by atoms with E-state index in [4.69, 9.17) is 5.73 Å². The smallest absolute Gasteiger partial charge is 0.241 e. The maximum Gasteiger partial charge on any atom is 0.241 e. The Balaban J connectivity index is 1.79. The van der Waals surface area contributed by atoms with Crippen molar-refractivity contribution in [3.8, 4) is 0 Å². The van der Waals surface area contributed by atoms with Gasteiger partial charge in [-0.1, -0.05) is 0 Å². The van der Waals surface area contributed by atoms with Crippen LogP contribution in [-0.4, -0.2) is 54.3 Å². The van der Waals surface area contributed by atoms with E-state index in [0.29, 0.717) is 31.5 Å². The van der Waals surface area contributed by atoms with Crippen molar-refractivity contribution in [2.24, 2.45) is 11.7 Å². The van der Waals surface area contributed by atoms with Crippen molar-refractivity contribution in [2.75, 3.05) is 26.7 Å². The fourth-order valence-electron chi connectivity index (χ4n) is 2.74. The number of rotatable bonds is 2. The maximum atomic E-state index is 12.1. The van der Waals surface area contributed by atoms with E-state index >= 15 is 0 Å². The van der Waals surface area contributed by atoms with Crippen molar-refractivity contribution in [3.05, 3.63) is 0 Å². The lowest BCUT2D eigenvalue weighted by Crippen LogP contribution is -2.51. The molecule has 0 atom stereocenters. The van der Waals surface area contributed by atoms with Crippen LogP contribution >= 0.6 is 0 Å². The summed E-state index contributed by atoms with van der Waals surface area (Å²) < 4.78 is 0. The second-order valence-electron chi connectivity index (χ2n) is 5.62. The lowest BCUT2D eigenvalue weighted by atomic mass is 9.84. The molecule has 2 N–H and O–H groups in total. The summed E-state index contributed by atoms with van der Waals surface area (Å²) in [7, 11) is 1.78. The highest BCUT2D eigenvalue weighted by Crippen LogP contribution is 2.26. The summed E-state index contributed by atoms with van der Waals surface area (Å²) in [5, 5.41) is 0. The van der Waals surface area contributed by atoms with Crippen molar-refractivity contribution in [3.63, 3.8) is 0 Å². The molecule has 102 valence electrons. The van der Waals surface area contributed by atoms with Crippen LogP contribution in [0.5, 0.6) is 0 Å². The molecule has 2 aliphatic rings. The van der Waals surface area contributed by atoms with Gasteiger partial charge in [0.15, 0.2) is 0 Å². The second kappa shape index (κ2) is 5.69. The number of likely N-dealkylation sites (N-methyl/N-ethyl adjacent to an activating group) is 1. The average Bonchev–Trinajstić information content (AvgIpc) is 2.35. The molecule has 18 heavy (non-hydrogen) atoms. The van der Waals surface area contributed by atoms with Crippen molar-refractivity contribution in [1.82, 2.24) is 9.80 Å². The number of amides is 2. The standard InChI is InChI=1S/C13H23N3O2/c1-15-6-7-16(9-13(15)18)12(17)8-10-2-4-11(14)5-3-10/h10-11H,2-9,14H2,1H3. The third kappa shape index (κ3) is 3.22. The van der Waals surface area contributed by atoms with Gasteiger partial charge in [0.05, 0.1) is 6.54 Å². The fourth-order valence-corrected chi connectivity index (χ4v) is 2.74. The predicted molar refractivity (Wildman–Crippen MR) is 68.8 cm³/mol. The molecule has 5 nitrogen and oxygen atoms in total. The Morgan fingerprint density at radius 3 is 2.56 bits per heavy atom. The highest BCUT2D eigenvalue weighted by molar-refractivity contribution is 5.85. The Bertz CT molecular complexity index is 324. The van der Waals surface area contributed by atoms with E-state index in [1.165, 1.54) is 0 Å². The number of carbonyl (C=O) groups is 2. The number of nitrogens with two attached hydrogens (primary N) is 1. The third-order valence-corrected chi connectivity index (χ3v) is 4.16. The zero-order valence-corrected chi connectivity index (χ0v) is 11.1. The molecule has 0 aromatic rings. The molecule has 2 fully saturated rings. The summed E-state index contributed by atoms with van der Waals surface area (Å²) >= 11 is 0. The van der Waals surface area contributed by atoms with Gasteiger partial charge in [-0.2, -0.15) is 0 Å². The van der Waals surface area contributed by atoms with Crippen LogP contribution in [0.15, 0.2) is 0 Å². The topological polar surface area (TPSA) is 66.6 Å². The van der Waals surface area contributed by atoms with E-state index in [-0.39, 0.29) is 18.4 Å². The van der Waals surface area contributed by atoms with Gasteiger partial charge in [0.1, 0.15) is 0 Å². The number of hydrogen-bond donors (Lipinski definition) is 1. The van der Waals surface area contributed by atoms with Crippen LogP contribution in [0, 0.1) is 5.92 Å². The first-order valence-electron chi connectivity index (χ1n) is 6.83. The molecular formula is C13H23N3O2. The normalized spacial score (nSPS) is 29.6. The molecule has 1 saturated heterocycles. The van der Waals surface area contributed by atoms with E-state index in [0.717, 1.165) is 25.7 Å². The van der Waals surface area contributed by atoms with Crippen LogP contribution in [0.3, 0.4) is 0 Å². The molecule has 0 radical (unpaired) electrons. The van der Waals surface area contributed by atoms with E-state index in [9.17, 15) is 9.59 Å². The van der Waals surface area contributed by atoms with Gasteiger partial charge < -0.3 is 15.5 Å². The summed E-state index contributed by atoms with van der Waals surface area (Å²) in [4.78, 5) is 27.1. The van der Waals surface area contributed by atoms with Gasteiger partial charge in [0.2, 0.25) is 11.8 Å². The van der Waals surface area contributed by atoms with Crippen molar-refractivity contribution < 1.29 is 9.59 Å². The monoisotopic (exact) mass is 253 g/mol. The first-order chi connectivity index (χ1) is 8.56. The second-order valence-corrected chi connectivity index (χ2v) is 5.62. The molecule has 2 rings (SSSR count). The molecule has 0 aromatic heterocycles. The van der Waals surface area contributed by atoms with Crippen LogP contribution in [-0.2, 0) is 9.59 Å². The zero-order chi connectivity index (χ0) is 13.1. The summed E-state index contributed by atoms with van der Waals surface area (Å²) in [5.74, 6) is 0.643. The largest absolute Gasteiger partial charge is 0.342 e. The number of hydrogen-bond acceptors (Lipinski definition) is 3. The molecule has 0 bridgehead atoms. The summed E-state index contributed by atoms with van der Waals surface area (Å²) in [6.07, 6.45) is 4.74. The molecule has 1 heterocycles. The predicted octanol–water partition coefficient (Wildman–Crippen LogP) is 0.195. The van der Waals surface area contributed by atoms with E-state index < -0.39 is 0 Å². The van der Waals surface area contributed by atoms with Crippen LogP contribution in [0.25, 0.3) is 0 Å². The highest BCUT2D eigenvalue weighted by atomic mass is 16.2. The number of carbonyl (C=O) groups excluding carboxylic acids is 2. The van der Waals surface area contributed by atoms with Crippen LogP contribution in [0.4, 0.5) is 0 Å². The Morgan fingerprint density at radius 2 is 1.94 bits per heavy atom. The Labute approximate surface area is 108 Å². The third-order valence-electron chi connectivity index (χ3n) is 4.16. The minimum Gasteiger partial charge on any atom is -0.342 e. The summed E-state index contributed by atoms with van der Waals surface area (Å²) in [6, 6.07) is 0.321. The molecular weight excluding hydrogens is 230 g/mol. The van der Waals surface area contributed by atoms with E-state index in [1.807, 2.05) is 0 Å². The Morgan fingerprint density at radius 1 is 1.28 bits per heavy atom. The number of piperazine rings is 1.